The van der Waals surface area contributed by atoms with Crippen LogP contribution in [-0.4, -0.2) is 55.7 Å². The number of nitrogens with zero attached hydrogens (tertiary/aromatic N) is 1. The van der Waals surface area contributed by atoms with Crippen LogP contribution in [0.2, 0.25) is 0 Å². The Kier molecular flexibility index (Phi) is 9.11. The van der Waals surface area contributed by atoms with Crippen LogP contribution in [0.3, 0.4) is 0 Å². The van der Waals surface area contributed by atoms with Crippen molar-refractivity contribution in [3.05, 3.63) is 24.3 Å². The number of ether oxygens (including phenoxy) is 1. The molecule has 1 aromatic rings. The lowest BCUT2D eigenvalue weighted by Gasteiger charge is -2.32. The van der Waals surface area contributed by atoms with Crippen LogP contribution in [0, 0.1) is 5.92 Å². The van der Waals surface area contributed by atoms with E-state index in [0.29, 0.717) is 17.9 Å². The highest BCUT2D eigenvalue weighted by molar-refractivity contribution is 7.98. The van der Waals surface area contributed by atoms with Crippen LogP contribution in [0.5, 0.6) is 0 Å². The molecule has 2 rings (SSSR count). The first-order valence-electron chi connectivity index (χ1n) is 9.75. The normalized spacial score (nSPS) is 15.4. The number of rotatable bonds is 9. The van der Waals surface area contributed by atoms with Crippen LogP contribution in [0.4, 0.5) is 16.2 Å². The van der Waals surface area contributed by atoms with Gasteiger partial charge in [-0.3, -0.25) is 4.79 Å². The third-order valence-corrected chi connectivity index (χ3v) is 5.50. The highest BCUT2D eigenvalue weighted by atomic mass is 32.2. The predicted octanol–water partition coefficient (Wildman–Crippen LogP) is 2.19. The quantitative estimate of drug-likeness (QED) is 0.526. The fourth-order valence-corrected chi connectivity index (χ4v) is 3.58. The summed E-state index contributed by atoms with van der Waals surface area (Å²) < 4.78 is 5.03. The van der Waals surface area contributed by atoms with E-state index in [4.69, 9.17) is 10.5 Å². The van der Waals surface area contributed by atoms with E-state index < -0.39 is 30.6 Å². The van der Waals surface area contributed by atoms with Crippen molar-refractivity contribution < 1.29 is 19.1 Å². The molecule has 3 amide bonds. The number of primary amides is 1. The minimum atomic E-state index is -0.862. The van der Waals surface area contributed by atoms with Crippen LogP contribution < -0.4 is 21.3 Å². The Morgan fingerprint density at radius 1 is 1.24 bits per heavy atom. The maximum atomic E-state index is 12.1. The van der Waals surface area contributed by atoms with Crippen LogP contribution >= 0.6 is 11.8 Å². The summed E-state index contributed by atoms with van der Waals surface area (Å²) in [5.41, 5.74) is 6.85. The van der Waals surface area contributed by atoms with Gasteiger partial charge < -0.3 is 26.0 Å². The number of piperidine rings is 1. The first kappa shape index (κ1) is 22.9. The molecule has 1 atom stereocenters. The molecule has 1 aliphatic heterocycles. The van der Waals surface area contributed by atoms with Crippen LogP contribution in [0.1, 0.15) is 26.2 Å². The Bertz CT molecular complexity index is 690. The van der Waals surface area contributed by atoms with E-state index >= 15 is 0 Å². The maximum Gasteiger partial charge on any atom is 0.329 e. The van der Waals surface area contributed by atoms with Gasteiger partial charge in [-0.25, -0.2) is 9.59 Å². The van der Waals surface area contributed by atoms with Gasteiger partial charge >= 0.3 is 12.0 Å². The number of nitrogens with one attached hydrogen (secondary N) is 2. The number of thioether (sulfide) groups is 1. The monoisotopic (exact) mass is 422 g/mol. The molecule has 1 aliphatic rings. The zero-order chi connectivity index (χ0) is 21.2. The average Bonchev–Trinajstić information content (AvgIpc) is 2.70. The summed E-state index contributed by atoms with van der Waals surface area (Å²) in [5.74, 6) is 0.295. The van der Waals surface area contributed by atoms with Crippen molar-refractivity contribution in [2.75, 3.05) is 41.9 Å². The van der Waals surface area contributed by atoms with Gasteiger partial charge in [0.15, 0.2) is 6.61 Å². The lowest BCUT2D eigenvalue weighted by molar-refractivity contribution is -0.149. The highest BCUT2D eigenvalue weighted by Gasteiger charge is 2.22. The standard InChI is InChI=1S/C20H30N4O4S/c1-14-7-10-24(11-8-14)16-5-3-15(4-6-16)22-18(25)13-28-19(26)17(9-12-29-2)23-20(21)27/h3-6,14,17H,7-13H2,1-2H3,(H,22,25)(H3,21,23,27)/t17-/m1/s1. The van der Waals surface area contributed by atoms with E-state index in [1.807, 2.05) is 30.5 Å². The van der Waals surface area contributed by atoms with Crippen LogP contribution in [0.15, 0.2) is 24.3 Å². The number of anilines is 2. The minimum Gasteiger partial charge on any atom is -0.454 e. The molecule has 1 saturated heterocycles. The van der Waals surface area contributed by atoms with Crippen LogP contribution in [-0.2, 0) is 14.3 Å². The molecular weight excluding hydrogens is 392 g/mol. The molecule has 0 aliphatic carbocycles. The molecule has 8 nitrogen and oxygen atoms in total. The zero-order valence-electron chi connectivity index (χ0n) is 17.0. The van der Waals surface area contributed by atoms with Gasteiger partial charge in [0.05, 0.1) is 0 Å². The second-order valence-corrected chi connectivity index (χ2v) is 8.20. The second-order valence-electron chi connectivity index (χ2n) is 7.21. The second kappa shape index (κ2) is 11.5. The Morgan fingerprint density at radius 2 is 1.90 bits per heavy atom. The summed E-state index contributed by atoms with van der Waals surface area (Å²) >= 11 is 1.53. The zero-order valence-corrected chi connectivity index (χ0v) is 17.8. The summed E-state index contributed by atoms with van der Waals surface area (Å²) in [7, 11) is 0. The lowest BCUT2D eigenvalue weighted by Crippen LogP contribution is -2.45. The number of hydrogen-bond acceptors (Lipinski definition) is 6. The third-order valence-electron chi connectivity index (χ3n) is 4.86. The van der Waals surface area contributed by atoms with Gasteiger partial charge in [-0.1, -0.05) is 6.92 Å². The van der Waals surface area contributed by atoms with E-state index in [0.717, 1.165) is 24.7 Å². The fourth-order valence-electron chi connectivity index (χ4n) is 3.11. The van der Waals surface area contributed by atoms with Crippen molar-refractivity contribution in [1.82, 2.24) is 5.32 Å². The number of hydrogen-bond donors (Lipinski definition) is 3. The molecule has 9 heteroatoms. The van der Waals surface area contributed by atoms with E-state index in [-0.39, 0.29) is 0 Å². The van der Waals surface area contributed by atoms with E-state index in [1.165, 1.54) is 24.6 Å². The average molecular weight is 423 g/mol. The number of urea groups is 1. The summed E-state index contributed by atoms with van der Waals surface area (Å²) in [5, 5.41) is 5.05. The van der Waals surface area contributed by atoms with Crippen molar-refractivity contribution in [2.45, 2.75) is 32.2 Å². The molecule has 0 unspecified atom stereocenters. The highest BCUT2D eigenvalue weighted by Crippen LogP contribution is 2.24. The number of benzene rings is 1. The van der Waals surface area contributed by atoms with Gasteiger partial charge in [-0.05, 0) is 61.5 Å². The topological polar surface area (TPSA) is 114 Å². The van der Waals surface area contributed by atoms with Gasteiger partial charge in [-0.15, -0.1) is 0 Å². The fraction of sp³-hybridized carbons (Fsp3) is 0.550. The molecule has 1 heterocycles. The SMILES string of the molecule is CSCC[C@@H](NC(N)=O)C(=O)OCC(=O)Nc1ccc(N2CCC(C)CC2)cc1. The van der Waals surface area contributed by atoms with E-state index in [2.05, 4.69) is 22.5 Å². The molecule has 1 aromatic carbocycles. The van der Waals surface area contributed by atoms with Crippen molar-refractivity contribution in [3.63, 3.8) is 0 Å². The smallest absolute Gasteiger partial charge is 0.329 e. The Hall–Kier alpha value is -2.42. The first-order valence-corrected chi connectivity index (χ1v) is 11.1. The predicted molar refractivity (Wildman–Crippen MR) is 116 cm³/mol. The van der Waals surface area contributed by atoms with Gasteiger partial charge in [0.25, 0.3) is 5.91 Å². The summed E-state index contributed by atoms with van der Waals surface area (Å²) in [6.45, 7) is 3.93. The Balaban J connectivity index is 1.80. The van der Waals surface area contributed by atoms with Gasteiger partial charge in [0.2, 0.25) is 0 Å². The summed E-state index contributed by atoms with van der Waals surface area (Å²) in [4.78, 5) is 37.5. The number of nitrogens with two attached hydrogens (primary N) is 1. The van der Waals surface area contributed by atoms with Crippen molar-refractivity contribution >= 4 is 41.0 Å². The van der Waals surface area contributed by atoms with Gasteiger partial charge in [0.1, 0.15) is 6.04 Å². The molecule has 29 heavy (non-hydrogen) atoms. The van der Waals surface area contributed by atoms with E-state index in [9.17, 15) is 14.4 Å². The third kappa shape index (κ3) is 7.84. The molecule has 0 aromatic heterocycles. The molecular formula is C20H30N4O4S. The number of amides is 3. The van der Waals surface area contributed by atoms with Crippen LogP contribution in [0.25, 0.3) is 0 Å². The summed E-state index contributed by atoms with van der Waals surface area (Å²) in [6, 6.07) is 5.96. The van der Waals surface area contributed by atoms with E-state index in [1.54, 1.807) is 0 Å². The minimum absolute atomic E-state index is 0.376. The Labute approximate surface area is 175 Å². The first-order chi connectivity index (χ1) is 13.9. The summed E-state index contributed by atoms with van der Waals surface area (Å²) in [6.07, 6.45) is 4.64. The molecule has 160 valence electrons. The molecule has 0 radical (unpaired) electrons. The largest absolute Gasteiger partial charge is 0.454 e. The molecule has 0 saturated carbocycles. The van der Waals surface area contributed by atoms with Gasteiger partial charge in [-0.2, -0.15) is 11.8 Å². The lowest BCUT2D eigenvalue weighted by atomic mass is 9.99. The molecule has 4 N–H and O–H groups in total. The molecule has 0 spiro atoms. The molecule has 1 fully saturated rings. The number of esters is 1. The van der Waals surface area contributed by atoms with Gasteiger partial charge in [0, 0.05) is 24.5 Å². The van der Waals surface area contributed by atoms with Crippen molar-refractivity contribution in [3.8, 4) is 0 Å². The van der Waals surface area contributed by atoms with Crippen molar-refractivity contribution in [1.29, 1.82) is 0 Å². The number of carbonyl (C=O) groups is 3. The number of carbonyl (C=O) groups excluding carboxylic acids is 3. The Morgan fingerprint density at radius 3 is 2.48 bits per heavy atom. The maximum absolute atomic E-state index is 12.1. The van der Waals surface area contributed by atoms with Crippen molar-refractivity contribution in [2.24, 2.45) is 11.7 Å². The molecule has 0 bridgehead atoms.